The smallest absolute Gasteiger partial charge is 0.122 e. The number of hydrogen-bond donors (Lipinski definition) is 1. The first kappa shape index (κ1) is 16.0. The molecule has 1 N–H and O–H groups in total. The number of hydrogen-bond acceptors (Lipinski definition) is 3. The Labute approximate surface area is 117 Å². The molecule has 19 heavy (non-hydrogen) atoms. The summed E-state index contributed by atoms with van der Waals surface area (Å²) >= 11 is 0. The average Bonchev–Trinajstić information content (AvgIpc) is 2.44. The van der Waals surface area contributed by atoms with Crippen molar-refractivity contribution < 1.29 is 9.47 Å². The van der Waals surface area contributed by atoms with Crippen LogP contribution in [0.15, 0.2) is 24.3 Å². The quantitative estimate of drug-likeness (QED) is 0.660. The normalized spacial score (nSPS) is 12.4. The van der Waals surface area contributed by atoms with Gasteiger partial charge in [-0.1, -0.05) is 31.5 Å². The van der Waals surface area contributed by atoms with Crippen LogP contribution in [0.2, 0.25) is 0 Å². The first-order valence-corrected chi connectivity index (χ1v) is 7.13. The minimum Gasteiger partial charge on any atom is -0.496 e. The highest BCUT2D eigenvalue weighted by Crippen LogP contribution is 2.22. The third kappa shape index (κ3) is 6.08. The van der Waals surface area contributed by atoms with Gasteiger partial charge in [0.05, 0.1) is 13.7 Å². The predicted octanol–water partition coefficient (Wildman–Crippen LogP) is 2.89. The molecule has 1 unspecified atom stereocenters. The second-order valence-electron chi connectivity index (χ2n) is 4.87. The van der Waals surface area contributed by atoms with E-state index < -0.39 is 0 Å². The zero-order chi connectivity index (χ0) is 13.9. The monoisotopic (exact) mass is 265 g/mol. The van der Waals surface area contributed by atoms with Gasteiger partial charge in [0.1, 0.15) is 5.75 Å². The summed E-state index contributed by atoms with van der Waals surface area (Å²) in [5.74, 6) is 1.65. The fourth-order valence-electron chi connectivity index (χ4n) is 2.35. The van der Waals surface area contributed by atoms with Gasteiger partial charge in [-0.3, -0.25) is 0 Å². The molecule has 0 aliphatic heterocycles. The van der Waals surface area contributed by atoms with Gasteiger partial charge >= 0.3 is 0 Å². The van der Waals surface area contributed by atoms with E-state index in [-0.39, 0.29) is 0 Å². The molecule has 3 nitrogen and oxygen atoms in total. The van der Waals surface area contributed by atoms with Crippen LogP contribution in [0, 0.1) is 5.92 Å². The summed E-state index contributed by atoms with van der Waals surface area (Å²) in [5.41, 5.74) is 1.30. The van der Waals surface area contributed by atoms with E-state index in [9.17, 15) is 0 Å². The van der Waals surface area contributed by atoms with Gasteiger partial charge in [-0.2, -0.15) is 0 Å². The Morgan fingerprint density at radius 3 is 2.68 bits per heavy atom. The van der Waals surface area contributed by atoms with Crippen LogP contribution >= 0.6 is 0 Å². The number of nitrogens with one attached hydrogen (secondary N) is 1. The average molecular weight is 265 g/mol. The zero-order valence-electron chi connectivity index (χ0n) is 12.4. The third-order valence-corrected chi connectivity index (χ3v) is 3.31. The summed E-state index contributed by atoms with van der Waals surface area (Å²) in [7, 11) is 3.48. The van der Waals surface area contributed by atoms with E-state index in [0.717, 1.165) is 31.9 Å². The maximum Gasteiger partial charge on any atom is 0.122 e. The van der Waals surface area contributed by atoms with Crippen LogP contribution in [0.4, 0.5) is 0 Å². The summed E-state index contributed by atoms with van der Waals surface area (Å²) in [6.45, 7) is 4.97. The molecule has 0 heterocycles. The molecule has 0 aliphatic rings. The van der Waals surface area contributed by atoms with Gasteiger partial charge in [-0.15, -0.1) is 0 Å². The van der Waals surface area contributed by atoms with Gasteiger partial charge in [0.15, 0.2) is 0 Å². The lowest BCUT2D eigenvalue weighted by atomic mass is 9.94. The number of para-hydroxylation sites is 1. The van der Waals surface area contributed by atoms with Gasteiger partial charge in [-0.05, 0) is 36.9 Å². The van der Waals surface area contributed by atoms with Crippen LogP contribution in [0.25, 0.3) is 0 Å². The van der Waals surface area contributed by atoms with E-state index in [1.807, 2.05) is 12.1 Å². The van der Waals surface area contributed by atoms with Crippen molar-refractivity contribution in [3.63, 3.8) is 0 Å². The Hall–Kier alpha value is -1.06. The number of ether oxygens (including phenoxy) is 2. The summed E-state index contributed by atoms with van der Waals surface area (Å²) in [5, 5.41) is 3.46. The topological polar surface area (TPSA) is 30.5 Å². The van der Waals surface area contributed by atoms with Crippen LogP contribution in [0.5, 0.6) is 5.75 Å². The lowest BCUT2D eigenvalue weighted by Crippen LogP contribution is -2.27. The number of rotatable bonds is 10. The van der Waals surface area contributed by atoms with Crippen LogP contribution in [-0.2, 0) is 11.2 Å². The van der Waals surface area contributed by atoms with Crippen molar-refractivity contribution in [2.75, 3.05) is 33.9 Å². The molecular weight excluding hydrogens is 238 g/mol. The van der Waals surface area contributed by atoms with Crippen LogP contribution in [-0.4, -0.2) is 33.9 Å². The van der Waals surface area contributed by atoms with Crippen LogP contribution in [0.3, 0.4) is 0 Å². The second-order valence-corrected chi connectivity index (χ2v) is 4.87. The molecular formula is C16H27NO2. The standard InChI is InChI=1S/C16H27NO2/c1-4-7-14(13-17-10-11-18-2)12-15-8-5-6-9-16(15)19-3/h5-6,8-9,14,17H,4,7,10-13H2,1-3H3. The molecule has 1 aromatic carbocycles. The number of benzene rings is 1. The molecule has 1 atom stereocenters. The molecule has 0 fully saturated rings. The first-order valence-electron chi connectivity index (χ1n) is 7.13. The van der Waals surface area contributed by atoms with Crippen molar-refractivity contribution in [3.8, 4) is 5.75 Å². The maximum atomic E-state index is 5.43. The fraction of sp³-hybridized carbons (Fsp3) is 0.625. The first-order chi connectivity index (χ1) is 9.31. The molecule has 0 spiro atoms. The minimum absolute atomic E-state index is 0.651. The Bertz CT molecular complexity index is 341. The highest BCUT2D eigenvalue weighted by Gasteiger charge is 2.11. The van der Waals surface area contributed by atoms with Crippen LogP contribution in [0.1, 0.15) is 25.3 Å². The Kier molecular flexibility index (Phi) is 8.26. The van der Waals surface area contributed by atoms with E-state index in [2.05, 4.69) is 24.4 Å². The lowest BCUT2D eigenvalue weighted by Gasteiger charge is -2.18. The van der Waals surface area contributed by atoms with Gasteiger partial charge in [-0.25, -0.2) is 0 Å². The minimum atomic E-state index is 0.651. The van der Waals surface area contributed by atoms with Gasteiger partial charge in [0.25, 0.3) is 0 Å². The van der Waals surface area contributed by atoms with E-state index in [1.165, 1.54) is 18.4 Å². The Morgan fingerprint density at radius 1 is 1.21 bits per heavy atom. The van der Waals surface area contributed by atoms with E-state index in [0.29, 0.717) is 5.92 Å². The van der Waals surface area contributed by atoms with Crippen molar-refractivity contribution in [2.45, 2.75) is 26.2 Å². The summed E-state index contributed by atoms with van der Waals surface area (Å²) in [6, 6.07) is 8.31. The van der Waals surface area contributed by atoms with E-state index in [4.69, 9.17) is 9.47 Å². The van der Waals surface area contributed by atoms with E-state index in [1.54, 1.807) is 14.2 Å². The Balaban J connectivity index is 2.51. The molecule has 1 aromatic rings. The Morgan fingerprint density at radius 2 is 2.00 bits per heavy atom. The molecule has 1 rings (SSSR count). The molecule has 0 amide bonds. The van der Waals surface area contributed by atoms with Crippen molar-refractivity contribution in [1.29, 1.82) is 0 Å². The van der Waals surface area contributed by atoms with Gasteiger partial charge < -0.3 is 14.8 Å². The summed E-state index contributed by atoms with van der Waals surface area (Å²) in [4.78, 5) is 0. The molecule has 0 aromatic heterocycles. The number of methoxy groups -OCH3 is 2. The van der Waals surface area contributed by atoms with Crippen molar-refractivity contribution in [2.24, 2.45) is 5.92 Å². The molecule has 108 valence electrons. The van der Waals surface area contributed by atoms with Crippen molar-refractivity contribution >= 4 is 0 Å². The summed E-state index contributed by atoms with van der Waals surface area (Å²) < 4.78 is 10.5. The predicted molar refractivity (Wildman–Crippen MR) is 79.8 cm³/mol. The molecule has 0 saturated heterocycles. The van der Waals surface area contributed by atoms with Crippen molar-refractivity contribution in [1.82, 2.24) is 5.32 Å². The highest BCUT2D eigenvalue weighted by atomic mass is 16.5. The fourth-order valence-corrected chi connectivity index (χ4v) is 2.35. The SMILES string of the molecule is CCCC(CNCCOC)Cc1ccccc1OC. The third-order valence-electron chi connectivity index (χ3n) is 3.31. The second kappa shape index (κ2) is 9.82. The van der Waals surface area contributed by atoms with Gasteiger partial charge in [0.2, 0.25) is 0 Å². The van der Waals surface area contributed by atoms with Crippen LogP contribution < -0.4 is 10.1 Å². The summed E-state index contributed by atoms with van der Waals surface area (Å²) in [6.07, 6.45) is 3.52. The molecule has 0 bridgehead atoms. The van der Waals surface area contributed by atoms with Crippen molar-refractivity contribution in [3.05, 3.63) is 29.8 Å². The maximum absolute atomic E-state index is 5.43. The lowest BCUT2D eigenvalue weighted by molar-refractivity contribution is 0.197. The van der Waals surface area contributed by atoms with Gasteiger partial charge in [0, 0.05) is 13.7 Å². The largest absolute Gasteiger partial charge is 0.496 e. The molecule has 3 heteroatoms. The molecule has 0 saturated carbocycles. The van der Waals surface area contributed by atoms with E-state index >= 15 is 0 Å². The highest BCUT2D eigenvalue weighted by molar-refractivity contribution is 5.33. The molecule has 0 aliphatic carbocycles. The molecule has 0 radical (unpaired) electrons. The zero-order valence-corrected chi connectivity index (χ0v) is 12.4.